The average Bonchev–Trinajstić information content (AvgIpc) is 3.66. The van der Waals surface area contributed by atoms with Gasteiger partial charge in [-0.2, -0.15) is 8.91 Å². The monoisotopic (exact) mass is 845 g/mol. The molecule has 1 fully saturated rings. The molecule has 5 rings (SSSR count). The van der Waals surface area contributed by atoms with Gasteiger partial charge in [0.25, 0.3) is 11.8 Å². The van der Waals surface area contributed by atoms with E-state index in [1.807, 2.05) is 95.3 Å². The molecule has 14 nitrogen and oxygen atoms in total. The number of hydrogen-bond donors (Lipinski definition) is 1. The van der Waals surface area contributed by atoms with Crippen LogP contribution in [0.5, 0.6) is 0 Å². The Balaban J connectivity index is 0.00000229. The fraction of sp³-hybridized carbons (Fsp3) is 0.476. The van der Waals surface area contributed by atoms with Gasteiger partial charge < -0.3 is 25.3 Å². The molecular weight excluding hydrogens is 785 g/mol. The molecule has 3 aliphatic heterocycles. The fourth-order valence-electron chi connectivity index (χ4n) is 7.11. The molecule has 2 amide bonds. The molecular formula is C42H61N4O10S2-. The van der Waals surface area contributed by atoms with E-state index in [2.05, 4.69) is 27.8 Å². The summed E-state index contributed by atoms with van der Waals surface area (Å²) in [6, 6.07) is 10.2. The van der Waals surface area contributed by atoms with Gasteiger partial charge in [-0.1, -0.05) is 66.7 Å². The first-order valence-corrected chi connectivity index (χ1v) is 20.7. The van der Waals surface area contributed by atoms with E-state index < -0.39 is 33.3 Å². The molecule has 0 radical (unpaired) electrons. The lowest BCUT2D eigenvalue weighted by atomic mass is 9.77. The number of amides is 2. The Kier molecular flexibility index (Phi) is 20.4. The van der Waals surface area contributed by atoms with Crippen LogP contribution in [0.1, 0.15) is 112 Å². The topological polar surface area (TPSA) is 195 Å². The van der Waals surface area contributed by atoms with Gasteiger partial charge in [0.15, 0.2) is 5.71 Å². The van der Waals surface area contributed by atoms with Gasteiger partial charge in [-0.25, -0.2) is 13.2 Å². The molecule has 1 saturated heterocycles. The van der Waals surface area contributed by atoms with Crippen molar-refractivity contribution in [2.75, 3.05) is 25.5 Å². The zero-order valence-electron chi connectivity index (χ0n) is 33.3. The minimum absolute atomic E-state index is 0. The molecule has 0 aliphatic carbocycles. The third-order valence-corrected chi connectivity index (χ3v) is 11.2. The lowest BCUT2D eigenvalue weighted by Gasteiger charge is -2.29. The molecule has 3 aliphatic rings. The van der Waals surface area contributed by atoms with Crippen LogP contribution >= 0.6 is 12.0 Å². The fourth-order valence-corrected chi connectivity index (χ4v) is 8.00. The standard InChI is InChI=1S/C36H41N3O10S2.C2H7N.C2H6.2CH4/c1-35(2)26-22-24(50-49-48-43)15-17-28(26)37(4)30(35)12-8-6-9-13-31-36(3,27-23-25(51(44,45)46)16-18-29(27)38(31)5)21-11-7-10-14-34(42)47-39-32(40)19-20-33(39)41;1-2-3;1-2;;/h6,8-9,12-13,15-18,22-23H,7,10-11,14,19-21H2,1-5H3,(H-,43,44,45,46);2-3H2,1H3;1-2H3;2*1H4/p-1. The Morgan fingerprint density at radius 3 is 2.22 bits per heavy atom. The van der Waals surface area contributed by atoms with Crippen LogP contribution in [0.25, 0.3) is 0 Å². The second-order valence-electron chi connectivity index (χ2n) is 13.8. The van der Waals surface area contributed by atoms with E-state index in [-0.39, 0.29) is 44.4 Å². The summed E-state index contributed by atoms with van der Waals surface area (Å²) in [4.78, 5) is 43.2. The number of nitrogens with zero attached hydrogens (tertiary/aromatic N) is 3. The van der Waals surface area contributed by atoms with Crippen molar-refractivity contribution in [1.82, 2.24) is 5.06 Å². The lowest BCUT2D eigenvalue weighted by Crippen LogP contribution is -2.31. The van der Waals surface area contributed by atoms with Crippen molar-refractivity contribution in [2.45, 2.75) is 122 Å². The van der Waals surface area contributed by atoms with Gasteiger partial charge in [-0.3, -0.25) is 14.6 Å². The Morgan fingerprint density at radius 1 is 0.983 bits per heavy atom. The van der Waals surface area contributed by atoms with E-state index in [0.717, 1.165) is 57.4 Å². The van der Waals surface area contributed by atoms with Crippen molar-refractivity contribution in [1.29, 1.82) is 0 Å². The molecule has 1 unspecified atom stereocenters. The minimum atomic E-state index is -4.69. The Bertz CT molecular complexity index is 1980. The quantitative estimate of drug-likeness (QED) is 0.0297. The van der Waals surface area contributed by atoms with Crippen LogP contribution in [0.4, 0.5) is 11.4 Å². The van der Waals surface area contributed by atoms with E-state index in [9.17, 15) is 32.6 Å². The number of hydrogen-bond acceptors (Lipinski definition) is 13. The van der Waals surface area contributed by atoms with Crippen LogP contribution in [-0.2, 0) is 49.5 Å². The van der Waals surface area contributed by atoms with Gasteiger partial charge in [-0.15, -0.1) is 5.06 Å². The van der Waals surface area contributed by atoms with E-state index in [1.54, 1.807) is 6.07 Å². The highest BCUT2D eigenvalue weighted by atomic mass is 32.2. The first kappa shape index (κ1) is 51.9. The van der Waals surface area contributed by atoms with E-state index in [4.69, 9.17) is 10.6 Å². The maximum absolute atomic E-state index is 12.3. The summed E-state index contributed by atoms with van der Waals surface area (Å²) in [5.74, 6) is -1.71. The molecule has 1 atom stereocenters. The zero-order valence-corrected chi connectivity index (χ0v) is 35.0. The maximum Gasteiger partial charge on any atom is 0.333 e. The number of benzene rings is 2. The number of nitrogens with two attached hydrogens (primary N) is 1. The molecule has 2 aromatic carbocycles. The van der Waals surface area contributed by atoms with Crippen molar-refractivity contribution in [2.24, 2.45) is 5.73 Å². The number of rotatable bonds is 14. The molecule has 0 aromatic heterocycles. The Morgan fingerprint density at radius 2 is 1.62 bits per heavy atom. The number of carbonyl (C=O) groups is 3. The van der Waals surface area contributed by atoms with Gasteiger partial charge in [0.05, 0.1) is 22.4 Å². The minimum Gasteiger partial charge on any atom is -0.744 e. The van der Waals surface area contributed by atoms with Gasteiger partial charge in [0.2, 0.25) is 5.69 Å². The normalized spacial score (nSPS) is 18.7. The van der Waals surface area contributed by atoms with E-state index in [1.165, 1.54) is 12.1 Å². The molecule has 0 spiro atoms. The third-order valence-electron chi connectivity index (χ3n) is 9.79. The lowest BCUT2D eigenvalue weighted by molar-refractivity contribution is -0.777. The second-order valence-corrected chi connectivity index (χ2v) is 16.0. The summed E-state index contributed by atoms with van der Waals surface area (Å²) < 4.78 is 42.5. The van der Waals surface area contributed by atoms with Crippen molar-refractivity contribution >= 4 is 57.0 Å². The van der Waals surface area contributed by atoms with Crippen LogP contribution in [0.3, 0.4) is 0 Å². The van der Waals surface area contributed by atoms with Gasteiger partial charge in [0.1, 0.15) is 17.2 Å². The smallest absolute Gasteiger partial charge is 0.333 e. The molecule has 2 aromatic rings. The third kappa shape index (κ3) is 12.0. The van der Waals surface area contributed by atoms with Gasteiger partial charge >= 0.3 is 5.97 Å². The first-order chi connectivity index (χ1) is 26.5. The largest absolute Gasteiger partial charge is 0.744 e. The van der Waals surface area contributed by atoms with Crippen molar-refractivity contribution in [3.8, 4) is 0 Å². The number of likely N-dealkylation sites (N-methyl/N-ethyl adjacent to an activating group) is 1. The summed E-state index contributed by atoms with van der Waals surface area (Å²) in [6.45, 7) is 12.9. The molecule has 16 heteroatoms. The summed E-state index contributed by atoms with van der Waals surface area (Å²) in [7, 11) is -0.797. The summed E-state index contributed by atoms with van der Waals surface area (Å²) in [5, 5.41) is 14.3. The highest BCUT2D eigenvalue weighted by Crippen LogP contribution is 2.50. The average molecular weight is 846 g/mol. The zero-order chi connectivity index (χ0) is 41.8. The van der Waals surface area contributed by atoms with Crippen LogP contribution < -0.4 is 15.9 Å². The summed E-state index contributed by atoms with van der Waals surface area (Å²) >= 11 is 0.849. The van der Waals surface area contributed by atoms with Crippen LogP contribution in [0.2, 0.25) is 0 Å². The predicted octanol–water partition coefficient (Wildman–Crippen LogP) is 7.05. The summed E-state index contributed by atoms with van der Waals surface area (Å²) in [6.07, 6.45) is 12.2. The highest BCUT2D eigenvalue weighted by Gasteiger charge is 2.44. The van der Waals surface area contributed by atoms with E-state index >= 15 is 0 Å². The highest BCUT2D eigenvalue weighted by molar-refractivity contribution is 7.94. The number of allylic oxidation sites excluding steroid dienone is 6. The number of anilines is 1. The SMILES string of the molecule is C.C.CC.CCN.CN1\C(=C/C=C/C=C/C2=[N+](C)c3ccc(SOO[O-])cc3C2(C)C)C(C)(CCCCCC(=O)ON2C(=O)CCC2=O)c2cc(S(=O)(=O)[O-])ccc21. The second kappa shape index (κ2) is 22.8. The van der Waals surface area contributed by atoms with E-state index in [0.29, 0.717) is 30.7 Å². The predicted molar refractivity (Wildman–Crippen MR) is 225 cm³/mol. The number of imide groups is 1. The molecule has 2 N–H and O–H groups in total. The number of unbranched alkanes of at least 4 members (excludes halogenated alkanes) is 2. The number of carbonyl (C=O) groups excluding carboxylic acids is 3. The van der Waals surface area contributed by atoms with Crippen molar-refractivity contribution in [3.05, 3.63) is 83.6 Å². The van der Waals surface area contributed by atoms with Gasteiger partial charge in [0, 0.05) is 65.7 Å². The van der Waals surface area contributed by atoms with Crippen LogP contribution in [-0.4, -0.2) is 66.7 Å². The molecule has 322 valence electrons. The number of hydroxylamine groups is 2. The van der Waals surface area contributed by atoms with Crippen molar-refractivity contribution < 1.29 is 51.4 Å². The Labute approximate surface area is 349 Å². The van der Waals surface area contributed by atoms with Crippen LogP contribution in [0.15, 0.2) is 82.3 Å². The summed E-state index contributed by atoms with van der Waals surface area (Å²) in [5.41, 5.74) is 9.42. The number of fused-ring (bicyclic) bond motifs is 2. The molecule has 58 heavy (non-hydrogen) atoms. The molecule has 3 heterocycles. The molecule has 0 bridgehead atoms. The van der Waals surface area contributed by atoms with Crippen LogP contribution in [0, 0.1) is 0 Å². The van der Waals surface area contributed by atoms with Crippen molar-refractivity contribution in [3.63, 3.8) is 0 Å². The Hall–Kier alpha value is -4.16. The van der Waals surface area contributed by atoms with Gasteiger partial charge in [-0.05, 0) is 82.1 Å². The first-order valence-electron chi connectivity index (χ1n) is 18.6. The maximum atomic E-state index is 12.3. The molecule has 0 saturated carbocycles.